The fraction of sp³-hybridized carbons (Fsp3) is 0.941. The summed E-state index contributed by atoms with van der Waals surface area (Å²) in [7, 11) is 0. The molecule has 0 heterocycles. The molecule has 124 valence electrons. The molecule has 21 heavy (non-hydrogen) atoms. The number of ether oxygens (including phenoxy) is 1. The Hall–Kier alpha value is -0.610. The van der Waals surface area contributed by atoms with Gasteiger partial charge in [-0.1, -0.05) is 32.6 Å². The normalized spacial score (nSPS) is 19.2. The lowest BCUT2D eigenvalue weighted by Crippen LogP contribution is -2.50. The Morgan fingerprint density at radius 1 is 1.33 bits per heavy atom. The van der Waals surface area contributed by atoms with E-state index in [9.17, 15) is 9.90 Å². The molecule has 0 amide bonds. The van der Waals surface area contributed by atoms with Crippen molar-refractivity contribution in [2.75, 3.05) is 6.61 Å². The predicted octanol–water partition coefficient (Wildman–Crippen LogP) is 3.74. The molecule has 1 aliphatic rings. The van der Waals surface area contributed by atoms with Crippen molar-refractivity contribution in [1.82, 2.24) is 5.32 Å². The second-order valence-corrected chi connectivity index (χ2v) is 6.69. The molecule has 0 radical (unpaired) electrons. The molecule has 0 bridgehead atoms. The van der Waals surface area contributed by atoms with E-state index >= 15 is 0 Å². The predicted molar refractivity (Wildman–Crippen MR) is 85.6 cm³/mol. The quantitative estimate of drug-likeness (QED) is 0.509. The molecule has 0 saturated heterocycles. The Morgan fingerprint density at radius 3 is 2.62 bits per heavy atom. The summed E-state index contributed by atoms with van der Waals surface area (Å²) >= 11 is 0. The van der Waals surface area contributed by atoms with Crippen LogP contribution in [-0.4, -0.2) is 35.4 Å². The minimum absolute atomic E-state index is 0.286. The maximum atomic E-state index is 11.4. The van der Waals surface area contributed by atoms with Gasteiger partial charge in [0.05, 0.1) is 6.10 Å². The van der Waals surface area contributed by atoms with Gasteiger partial charge >= 0.3 is 5.97 Å². The highest BCUT2D eigenvalue weighted by atomic mass is 16.5. The highest BCUT2D eigenvalue weighted by molar-refractivity contribution is 5.78. The van der Waals surface area contributed by atoms with Crippen molar-refractivity contribution in [2.24, 2.45) is 0 Å². The number of carbonyl (C=O) groups is 1. The summed E-state index contributed by atoms with van der Waals surface area (Å²) < 4.78 is 5.80. The van der Waals surface area contributed by atoms with Gasteiger partial charge in [-0.15, -0.1) is 0 Å². The summed E-state index contributed by atoms with van der Waals surface area (Å²) in [6.45, 7) is 6.78. The molecule has 0 aromatic rings. The second kappa shape index (κ2) is 9.42. The van der Waals surface area contributed by atoms with E-state index in [-0.39, 0.29) is 6.10 Å². The van der Waals surface area contributed by atoms with Crippen molar-refractivity contribution in [3.05, 3.63) is 0 Å². The fourth-order valence-electron chi connectivity index (χ4n) is 2.57. The van der Waals surface area contributed by atoms with Crippen molar-refractivity contribution < 1.29 is 14.6 Å². The second-order valence-electron chi connectivity index (χ2n) is 6.69. The van der Waals surface area contributed by atoms with Gasteiger partial charge in [0, 0.05) is 12.6 Å². The van der Waals surface area contributed by atoms with Gasteiger partial charge in [-0.05, 0) is 46.0 Å². The van der Waals surface area contributed by atoms with Crippen LogP contribution < -0.4 is 5.32 Å². The summed E-state index contributed by atoms with van der Waals surface area (Å²) in [6.07, 6.45) is 10.1. The Morgan fingerprint density at radius 2 is 2.05 bits per heavy atom. The molecule has 0 aliphatic heterocycles. The zero-order valence-electron chi connectivity index (χ0n) is 14.0. The summed E-state index contributed by atoms with van der Waals surface area (Å²) in [5, 5.41) is 12.6. The summed E-state index contributed by atoms with van der Waals surface area (Å²) in [5.41, 5.74) is -0.797. The molecule has 1 saturated carbocycles. The number of carboxylic acid groups (broad SMARTS) is 1. The van der Waals surface area contributed by atoms with Crippen molar-refractivity contribution in [3.63, 3.8) is 0 Å². The number of hydrogen-bond donors (Lipinski definition) is 2. The van der Waals surface area contributed by atoms with Crippen LogP contribution in [0, 0.1) is 0 Å². The number of carboxylic acids is 1. The van der Waals surface area contributed by atoms with Gasteiger partial charge < -0.3 is 9.84 Å². The van der Waals surface area contributed by atoms with Crippen molar-refractivity contribution in [2.45, 2.75) is 96.2 Å². The topological polar surface area (TPSA) is 58.6 Å². The molecule has 4 nitrogen and oxygen atoms in total. The first kappa shape index (κ1) is 18.4. The van der Waals surface area contributed by atoms with Crippen molar-refractivity contribution in [1.29, 1.82) is 0 Å². The number of rotatable bonds is 13. The largest absolute Gasteiger partial charge is 0.480 e. The molecule has 0 aromatic carbocycles. The lowest BCUT2D eigenvalue weighted by atomic mass is 9.96. The lowest BCUT2D eigenvalue weighted by Gasteiger charge is -2.26. The Kier molecular flexibility index (Phi) is 8.27. The minimum Gasteiger partial charge on any atom is -0.480 e. The SMILES string of the molecule is CCCCCCC(C)OCCCC(C)(NC1CC1)C(=O)O. The van der Waals surface area contributed by atoms with Crippen LogP contribution in [0.4, 0.5) is 0 Å². The molecule has 2 N–H and O–H groups in total. The van der Waals surface area contributed by atoms with E-state index in [4.69, 9.17) is 4.74 Å². The van der Waals surface area contributed by atoms with Gasteiger partial charge in [-0.3, -0.25) is 10.1 Å². The lowest BCUT2D eigenvalue weighted by molar-refractivity contribution is -0.144. The average molecular weight is 299 g/mol. The van der Waals surface area contributed by atoms with Crippen LogP contribution >= 0.6 is 0 Å². The van der Waals surface area contributed by atoms with Crippen molar-refractivity contribution in [3.8, 4) is 0 Å². The fourth-order valence-corrected chi connectivity index (χ4v) is 2.57. The average Bonchev–Trinajstić information content (AvgIpc) is 3.23. The minimum atomic E-state index is -0.797. The smallest absolute Gasteiger partial charge is 0.323 e. The molecule has 1 aliphatic carbocycles. The van der Waals surface area contributed by atoms with Gasteiger partial charge in [0.1, 0.15) is 5.54 Å². The van der Waals surface area contributed by atoms with Gasteiger partial charge in [-0.25, -0.2) is 0 Å². The molecule has 0 spiro atoms. The monoisotopic (exact) mass is 299 g/mol. The van der Waals surface area contributed by atoms with E-state index in [0.29, 0.717) is 19.1 Å². The summed E-state index contributed by atoms with van der Waals surface area (Å²) in [4.78, 5) is 11.4. The first-order valence-electron chi connectivity index (χ1n) is 8.60. The Bertz CT molecular complexity index is 304. The van der Waals surface area contributed by atoms with Crippen molar-refractivity contribution >= 4 is 5.97 Å². The Balaban J connectivity index is 2.11. The van der Waals surface area contributed by atoms with Crippen LogP contribution in [0.3, 0.4) is 0 Å². The summed E-state index contributed by atoms with van der Waals surface area (Å²) in [5.74, 6) is -0.748. The first-order chi connectivity index (χ1) is 9.98. The maximum absolute atomic E-state index is 11.4. The highest BCUT2D eigenvalue weighted by Gasteiger charge is 2.37. The summed E-state index contributed by atoms with van der Waals surface area (Å²) in [6, 6.07) is 0.407. The molecule has 2 atom stereocenters. The molecule has 1 rings (SSSR count). The molecule has 4 heteroatoms. The Labute approximate surface area is 129 Å². The number of hydrogen-bond acceptors (Lipinski definition) is 3. The van der Waals surface area contributed by atoms with Gasteiger partial charge in [0.2, 0.25) is 0 Å². The van der Waals surface area contributed by atoms with Crippen LogP contribution in [0.1, 0.15) is 78.6 Å². The van der Waals surface area contributed by atoms with Crippen LogP contribution in [-0.2, 0) is 9.53 Å². The molecule has 0 aromatic heterocycles. The van der Waals surface area contributed by atoms with Gasteiger partial charge in [-0.2, -0.15) is 0 Å². The third-order valence-electron chi connectivity index (χ3n) is 4.26. The van der Waals surface area contributed by atoms with Gasteiger partial charge in [0.15, 0.2) is 0 Å². The van der Waals surface area contributed by atoms with E-state index in [1.807, 2.05) is 0 Å². The van der Waals surface area contributed by atoms with Crippen LogP contribution in [0.25, 0.3) is 0 Å². The number of aliphatic carboxylic acids is 1. The molecule has 2 unspecified atom stereocenters. The van der Waals surface area contributed by atoms with E-state index in [2.05, 4.69) is 19.2 Å². The van der Waals surface area contributed by atoms with E-state index < -0.39 is 11.5 Å². The molecule has 1 fully saturated rings. The third-order valence-corrected chi connectivity index (χ3v) is 4.26. The zero-order valence-corrected chi connectivity index (χ0v) is 14.0. The zero-order chi connectivity index (χ0) is 15.7. The first-order valence-corrected chi connectivity index (χ1v) is 8.60. The van der Waals surface area contributed by atoms with Crippen LogP contribution in [0.2, 0.25) is 0 Å². The van der Waals surface area contributed by atoms with Crippen LogP contribution in [0.5, 0.6) is 0 Å². The molecular weight excluding hydrogens is 266 g/mol. The highest BCUT2D eigenvalue weighted by Crippen LogP contribution is 2.25. The van der Waals surface area contributed by atoms with E-state index in [0.717, 1.165) is 25.7 Å². The number of nitrogens with one attached hydrogen (secondary N) is 1. The number of unbranched alkanes of at least 4 members (excludes halogenated alkanes) is 3. The van der Waals surface area contributed by atoms with E-state index in [1.165, 1.54) is 25.7 Å². The van der Waals surface area contributed by atoms with E-state index in [1.54, 1.807) is 6.92 Å². The standard InChI is InChI=1S/C17H33NO3/c1-4-5-6-7-9-14(2)21-13-8-12-17(3,16(19)20)18-15-10-11-15/h14-15,18H,4-13H2,1-3H3,(H,19,20). The maximum Gasteiger partial charge on any atom is 0.323 e. The third kappa shape index (κ3) is 7.82. The molecular formula is C17H33NO3. The van der Waals surface area contributed by atoms with Gasteiger partial charge in [0.25, 0.3) is 0 Å². The van der Waals surface area contributed by atoms with Crippen LogP contribution in [0.15, 0.2) is 0 Å².